The number of amides is 1. The van der Waals surface area contributed by atoms with E-state index in [0.29, 0.717) is 23.7 Å². The van der Waals surface area contributed by atoms with Gasteiger partial charge in [0.2, 0.25) is 0 Å². The van der Waals surface area contributed by atoms with Crippen LogP contribution in [0.4, 0.5) is 5.69 Å². The number of nitrogen functional groups attached to an aromatic ring is 1. The predicted octanol–water partition coefficient (Wildman–Crippen LogP) is 2.65. The molecule has 1 aliphatic rings. The largest absolute Gasteiger partial charge is 0.397 e. The van der Waals surface area contributed by atoms with Crippen LogP contribution < -0.4 is 5.73 Å². The molecule has 1 saturated heterocycles. The van der Waals surface area contributed by atoms with Crippen LogP contribution in [0, 0.1) is 6.92 Å². The van der Waals surface area contributed by atoms with E-state index in [1.165, 1.54) is 16.9 Å². The van der Waals surface area contributed by atoms with Crippen LogP contribution in [-0.2, 0) is 4.74 Å². The molecule has 0 spiro atoms. The number of nitrogens with two attached hydrogens (primary N) is 1. The van der Waals surface area contributed by atoms with Gasteiger partial charge in [0, 0.05) is 29.8 Å². The predicted molar refractivity (Wildman–Crippen MR) is 82.3 cm³/mol. The van der Waals surface area contributed by atoms with Crippen LogP contribution in [-0.4, -0.2) is 37.1 Å². The number of anilines is 1. The Hall–Kier alpha value is -1.59. The summed E-state index contributed by atoms with van der Waals surface area (Å²) in [7, 11) is 0. The van der Waals surface area contributed by atoms with Gasteiger partial charge >= 0.3 is 0 Å². The molecule has 2 heterocycles. The lowest BCUT2D eigenvalue weighted by molar-refractivity contribution is 0.0747. The quantitative estimate of drug-likeness (QED) is 0.878. The average Bonchev–Trinajstić information content (AvgIpc) is 2.65. The van der Waals surface area contributed by atoms with Crippen molar-refractivity contribution in [3.8, 4) is 0 Å². The fraction of sp³-hybridized carbons (Fsp3) is 0.400. The summed E-state index contributed by atoms with van der Waals surface area (Å²) in [5.74, 6) is 0.0341. The van der Waals surface area contributed by atoms with Gasteiger partial charge in [-0.1, -0.05) is 12.1 Å². The number of aryl methyl sites for hydroxylation is 1. The molecule has 4 nitrogen and oxygen atoms in total. The van der Waals surface area contributed by atoms with Crippen molar-refractivity contribution in [1.82, 2.24) is 4.90 Å². The summed E-state index contributed by atoms with van der Waals surface area (Å²) < 4.78 is 6.47. The lowest BCUT2D eigenvalue weighted by Gasteiger charge is -2.18. The summed E-state index contributed by atoms with van der Waals surface area (Å²) in [6, 6.07) is 6.11. The molecule has 2 N–H and O–H groups in total. The van der Waals surface area contributed by atoms with Crippen molar-refractivity contribution in [2.24, 2.45) is 0 Å². The first-order chi connectivity index (χ1) is 9.66. The van der Waals surface area contributed by atoms with Crippen LogP contribution in [0.25, 0.3) is 10.1 Å². The second-order valence-electron chi connectivity index (χ2n) is 5.10. The van der Waals surface area contributed by atoms with Crippen LogP contribution in [0.15, 0.2) is 18.2 Å². The van der Waals surface area contributed by atoms with Gasteiger partial charge in [-0.25, -0.2) is 0 Å². The van der Waals surface area contributed by atoms with Gasteiger partial charge in [0.15, 0.2) is 0 Å². The van der Waals surface area contributed by atoms with Crippen molar-refractivity contribution in [3.63, 3.8) is 0 Å². The highest BCUT2D eigenvalue weighted by molar-refractivity contribution is 7.21. The molecule has 20 heavy (non-hydrogen) atoms. The monoisotopic (exact) mass is 290 g/mol. The Morgan fingerprint density at radius 2 is 2.20 bits per heavy atom. The molecule has 0 saturated carbocycles. The second kappa shape index (κ2) is 5.42. The highest BCUT2D eigenvalue weighted by Crippen LogP contribution is 2.35. The summed E-state index contributed by atoms with van der Waals surface area (Å²) >= 11 is 1.49. The first-order valence-electron chi connectivity index (χ1n) is 6.82. The second-order valence-corrected chi connectivity index (χ2v) is 6.15. The summed E-state index contributed by atoms with van der Waals surface area (Å²) in [5, 5.41) is 0.982. The summed E-state index contributed by atoms with van der Waals surface area (Å²) in [5.41, 5.74) is 7.96. The molecule has 0 radical (unpaired) electrons. The van der Waals surface area contributed by atoms with Gasteiger partial charge in [0.05, 0.1) is 12.3 Å². The van der Waals surface area contributed by atoms with Gasteiger partial charge in [0.1, 0.15) is 4.88 Å². The number of carbonyl (C=O) groups is 1. The van der Waals surface area contributed by atoms with Crippen LogP contribution >= 0.6 is 11.3 Å². The van der Waals surface area contributed by atoms with Crippen LogP contribution in [0.1, 0.15) is 21.7 Å². The number of fused-ring (bicyclic) bond motifs is 1. The Labute approximate surface area is 122 Å². The topological polar surface area (TPSA) is 55.6 Å². The van der Waals surface area contributed by atoms with Crippen molar-refractivity contribution in [3.05, 3.63) is 28.6 Å². The van der Waals surface area contributed by atoms with Crippen molar-refractivity contribution in [2.45, 2.75) is 13.3 Å². The smallest absolute Gasteiger partial charge is 0.266 e. The molecule has 0 atom stereocenters. The molecule has 1 fully saturated rings. The van der Waals surface area contributed by atoms with Gasteiger partial charge in [-0.05, 0) is 25.0 Å². The molecule has 1 aromatic carbocycles. The maximum absolute atomic E-state index is 12.6. The molecule has 1 aromatic heterocycles. The van der Waals surface area contributed by atoms with Crippen molar-refractivity contribution >= 4 is 33.0 Å². The Kier molecular flexibility index (Phi) is 3.63. The first-order valence-corrected chi connectivity index (χ1v) is 7.64. The van der Waals surface area contributed by atoms with Crippen molar-refractivity contribution in [1.29, 1.82) is 0 Å². The molecule has 106 valence electrons. The minimum Gasteiger partial charge on any atom is -0.397 e. The molecule has 1 aliphatic heterocycles. The SMILES string of the molecule is Cc1ccc2c(N)c(C(=O)N3CCCOCC3)sc2c1. The van der Waals surface area contributed by atoms with Gasteiger partial charge in [-0.2, -0.15) is 0 Å². The number of ether oxygens (including phenoxy) is 1. The number of carbonyl (C=O) groups excluding carboxylic acids is 1. The Bertz CT molecular complexity index is 643. The van der Waals surface area contributed by atoms with Crippen LogP contribution in [0.3, 0.4) is 0 Å². The molecule has 3 rings (SSSR count). The third-order valence-corrected chi connectivity index (χ3v) is 4.74. The zero-order valence-corrected chi connectivity index (χ0v) is 12.3. The van der Waals surface area contributed by atoms with Crippen LogP contribution in [0.5, 0.6) is 0 Å². The number of nitrogens with zero attached hydrogens (tertiary/aromatic N) is 1. The summed E-state index contributed by atoms with van der Waals surface area (Å²) in [6.07, 6.45) is 0.885. The fourth-order valence-electron chi connectivity index (χ4n) is 2.48. The zero-order valence-electron chi connectivity index (χ0n) is 11.5. The summed E-state index contributed by atoms with van der Waals surface area (Å²) in [4.78, 5) is 15.1. The number of thiophene rings is 1. The van der Waals surface area contributed by atoms with E-state index in [1.54, 1.807) is 0 Å². The van der Waals surface area contributed by atoms with Crippen LogP contribution in [0.2, 0.25) is 0 Å². The molecule has 0 unspecified atom stereocenters. The molecule has 0 bridgehead atoms. The van der Waals surface area contributed by atoms with E-state index in [4.69, 9.17) is 10.5 Å². The van der Waals surface area contributed by atoms with Gasteiger partial charge in [-0.15, -0.1) is 11.3 Å². The molecule has 1 amide bonds. The highest BCUT2D eigenvalue weighted by atomic mass is 32.1. The van der Waals surface area contributed by atoms with Gasteiger partial charge < -0.3 is 15.4 Å². The molecule has 2 aromatic rings. The molecular weight excluding hydrogens is 272 g/mol. The Morgan fingerprint density at radius 3 is 3.05 bits per heavy atom. The first kappa shape index (κ1) is 13.4. The van der Waals surface area contributed by atoms with E-state index in [1.807, 2.05) is 24.0 Å². The summed E-state index contributed by atoms with van der Waals surface area (Å²) in [6.45, 7) is 4.76. The van der Waals surface area contributed by atoms with E-state index < -0.39 is 0 Å². The molecule has 5 heteroatoms. The Balaban J connectivity index is 1.96. The lowest BCUT2D eigenvalue weighted by Crippen LogP contribution is -2.33. The van der Waals surface area contributed by atoms with E-state index in [9.17, 15) is 4.79 Å². The third-order valence-electron chi connectivity index (χ3n) is 3.59. The average molecular weight is 290 g/mol. The van der Waals surface area contributed by atoms with E-state index >= 15 is 0 Å². The van der Waals surface area contributed by atoms with Crippen molar-refractivity contribution < 1.29 is 9.53 Å². The number of rotatable bonds is 1. The van der Waals surface area contributed by atoms with E-state index in [0.717, 1.165) is 29.7 Å². The maximum Gasteiger partial charge on any atom is 0.266 e. The van der Waals surface area contributed by atoms with Gasteiger partial charge in [0.25, 0.3) is 5.91 Å². The minimum atomic E-state index is 0.0341. The maximum atomic E-state index is 12.6. The van der Waals surface area contributed by atoms with E-state index in [-0.39, 0.29) is 5.91 Å². The molecular formula is C15H18N2O2S. The minimum absolute atomic E-state index is 0.0341. The van der Waals surface area contributed by atoms with Gasteiger partial charge in [-0.3, -0.25) is 4.79 Å². The van der Waals surface area contributed by atoms with Crippen molar-refractivity contribution in [2.75, 3.05) is 32.0 Å². The Morgan fingerprint density at radius 1 is 1.35 bits per heavy atom. The lowest BCUT2D eigenvalue weighted by atomic mass is 10.1. The standard InChI is InChI=1S/C15H18N2O2S/c1-10-3-4-11-12(9-10)20-14(13(11)16)15(18)17-5-2-7-19-8-6-17/h3-4,9H,2,5-8,16H2,1H3. The number of benzene rings is 1. The van der Waals surface area contributed by atoms with E-state index in [2.05, 4.69) is 6.07 Å². The third kappa shape index (κ3) is 2.39. The molecule has 0 aliphatic carbocycles. The zero-order chi connectivity index (χ0) is 14.1. The number of hydrogen-bond donors (Lipinski definition) is 1. The fourth-order valence-corrected chi connectivity index (χ4v) is 3.66. The highest BCUT2D eigenvalue weighted by Gasteiger charge is 2.22. The normalized spacial score (nSPS) is 16.4. The number of hydrogen-bond acceptors (Lipinski definition) is 4.